The number of hydrogen-bond donors (Lipinski definition) is 3. The Hall–Kier alpha value is -2.74. The van der Waals surface area contributed by atoms with Crippen molar-refractivity contribution in [2.75, 3.05) is 33.3 Å². The minimum atomic E-state index is -0.113. The van der Waals surface area contributed by atoms with Gasteiger partial charge in [0, 0.05) is 30.2 Å². The van der Waals surface area contributed by atoms with Crippen LogP contribution in [0.5, 0.6) is 11.5 Å². The maximum absolute atomic E-state index is 12.1. The monoisotopic (exact) mass is 446 g/mol. The van der Waals surface area contributed by atoms with Crippen molar-refractivity contribution in [3.63, 3.8) is 0 Å². The molecule has 0 radical (unpaired) electrons. The fourth-order valence-electron chi connectivity index (χ4n) is 2.68. The van der Waals surface area contributed by atoms with Crippen LogP contribution in [0.15, 0.2) is 58.0 Å². The van der Waals surface area contributed by atoms with Gasteiger partial charge in [0.2, 0.25) is 0 Å². The molecule has 1 heterocycles. The number of aliphatic imine (C=N–C) groups is 1. The number of rotatable bonds is 6. The Kier molecular flexibility index (Phi) is 7.13. The van der Waals surface area contributed by atoms with Crippen molar-refractivity contribution in [1.82, 2.24) is 16.0 Å². The van der Waals surface area contributed by atoms with Crippen LogP contribution in [0.2, 0.25) is 0 Å². The standard InChI is InChI=1S/C20H23BrN4O3/c1-22-20(24-10-9-23-19(26)14-5-4-6-15(21)11-14)25-12-16-13-27-17-7-2-3-8-18(17)28-16/h2-8,11,16H,9-10,12-13H2,1H3,(H,23,26)(H2,22,24,25). The second kappa shape index (κ2) is 9.98. The Balaban J connectivity index is 1.37. The van der Waals surface area contributed by atoms with Crippen LogP contribution < -0.4 is 25.4 Å². The normalized spacial score (nSPS) is 15.6. The van der Waals surface area contributed by atoms with Crippen molar-refractivity contribution in [2.45, 2.75) is 6.10 Å². The van der Waals surface area contributed by atoms with Crippen molar-refractivity contribution in [1.29, 1.82) is 0 Å². The van der Waals surface area contributed by atoms with Gasteiger partial charge in [0.15, 0.2) is 17.5 Å². The highest BCUT2D eigenvalue weighted by atomic mass is 79.9. The van der Waals surface area contributed by atoms with E-state index in [-0.39, 0.29) is 12.0 Å². The summed E-state index contributed by atoms with van der Waals surface area (Å²) < 4.78 is 12.5. The van der Waals surface area contributed by atoms with Gasteiger partial charge < -0.3 is 25.4 Å². The Morgan fingerprint density at radius 2 is 1.89 bits per heavy atom. The van der Waals surface area contributed by atoms with Crippen molar-refractivity contribution in [3.05, 3.63) is 58.6 Å². The highest BCUT2D eigenvalue weighted by Gasteiger charge is 2.20. The van der Waals surface area contributed by atoms with Crippen LogP contribution in [-0.4, -0.2) is 51.3 Å². The van der Waals surface area contributed by atoms with E-state index in [1.807, 2.05) is 36.4 Å². The van der Waals surface area contributed by atoms with E-state index in [1.54, 1.807) is 19.2 Å². The summed E-state index contributed by atoms with van der Waals surface area (Å²) >= 11 is 3.36. The van der Waals surface area contributed by atoms with Crippen molar-refractivity contribution in [3.8, 4) is 11.5 Å². The summed E-state index contributed by atoms with van der Waals surface area (Å²) in [4.78, 5) is 16.3. The molecule has 7 nitrogen and oxygen atoms in total. The molecule has 0 aliphatic carbocycles. The van der Waals surface area contributed by atoms with Gasteiger partial charge >= 0.3 is 0 Å². The molecule has 0 saturated carbocycles. The number of halogens is 1. The van der Waals surface area contributed by atoms with E-state index in [0.717, 1.165) is 16.0 Å². The Labute approximate surface area is 172 Å². The van der Waals surface area contributed by atoms with Gasteiger partial charge in [0.05, 0.1) is 6.54 Å². The molecule has 1 aliphatic heterocycles. The largest absolute Gasteiger partial charge is 0.486 e. The number of amides is 1. The number of carbonyl (C=O) groups excluding carboxylic acids is 1. The fraction of sp³-hybridized carbons (Fsp3) is 0.300. The van der Waals surface area contributed by atoms with E-state index >= 15 is 0 Å². The number of para-hydroxylation sites is 2. The fourth-order valence-corrected chi connectivity index (χ4v) is 3.08. The molecular weight excluding hydrogens is 424 g/mol. The van der Waals surface area contributed by atoms with Crippen LogP contribution in [0.25, 0.3) is 0 Å². The zero-order chi connectivity index (χ0) is 19.8. The molecule has 2 aromatic carbocycles. The third-order valence-electron chi connectivity index (χ3n) is 4.08. The first kappa shape index (κ1) is 20.0. The van der Waals surface area contributed by atoms with Gasteiger partial charge in [-0.15, -0.1) is 0 Å². The van der Waals surface area contributed by atoms with Crippen LogP contribution in [0, 0.1) is 0 Å². The molecule has 3 N–H and O–H groups in total. The summed E-state index contributed by atoms with van der Waals surface area (Å²) in [5.41, 5.74) is 0.617. The van der Waals surface area contributed by atoms with Gasteiger partial charge in [-0.1, -0.05) is 34.1 Å². The Morgan fingerprint density at radius 1 is 1.11 bits per heavy atom. The summed E-state index contributed by atoms with van der Waals surface area (Å²) in [6.07, 6.45) is -0.107. The molecule has 1 unspecified atom stereocenters. The number of guanidine groups is 1. The zero-order valence-corrected chi connectivity index (χ0v) is 17.2. The predicted octanol–water partition coefficient (Wildman–Crippen LogP) is 2.18. The molecular formula is C20H23BrN4O3. The van der Waals surface area contributed by atoms with E-state index in [2.05, 4.69) is 36.9 Å². The van der Waals surface area contributed by atoms with E-state index in [1.165, 1.54) is 0 Å². The molecule has 3 rings (SSSR count). The van der Waals surface area contributed by atoms with Crippen LogP contribution in [0.3, 0.4) is 0 Å². The average Bonchev–Trinajstić information content (AvgIpc) is 2.73. The van der Waals surface area contributed by atoms with Crippen LogP contribution in [0.4, 0.5) is 0 Å². The van der Waals surface area contributed by atoms with Gasteiger partial charge in [0.1, 0.15) is 12.7 Å². The molecule has 0 spiro atoms. The second-order valence-corrected chi connectivity index (χ2v) is 7.06. The number of ether oxygens (including phenoxy) is 2. The quantitative estimate of drug-likeness (QED) is 0.359. The number of hydrogen-bond acceptors (Lipinski definition) is 4. The first-order valence-corrected chi connectivity index (χ1v) is 9.82. The van der Waals surface area contributed by atoms with Crippen LogP contribution in [-0.2, 0) is 0 Å². The maximum atomic E-state index is 12.1. The number of nitrogens with zero attached hydrogens (tertiary/aromatic N) is 1. The van der Waals surface area contributed by atoms with Gasteiger partial charge in [-0.25, -0.2) is 0 Å². The molecule has 8 heteroatoms. The summed E-state index contributed by atoms with van der Waals surface area (Å²) in [5, 5.41) is 9.25. The van der Waals surface area contributed by atoms with Gasteiger partial charge in [-0.3, -0.25) is 9.79 Å². The summed E-state index contributed by atoms with van der Waals surface area (Å²) in [6.45, 7) is 2.05. The van der Waals surface area contributed by atoms with E-state index < -0.39 is 0 Å². The summed E-state index contributed by atoms with van der Waals surface area (Å²) in [7, 11) is 1.70. The number of nitrogens with one attached hydrogen (secondary N) is 3. The Bertz CT molecular complexity index is 844. The highest BCUT2D eigenvalue weighted by molar-refractivity contribution is 9.10. The molecule has 2 aromatic rings. The summed E-state index contributed by atoms with van der Waals surface area (Å²) in [6, 6.07) is 14.9. The first-order chi connectivity index (χ1) is 13.7. The SMILES string of the molecule is CN=C(NCCNC(=O)c1cccc(Br)c1)NCC1COc2ccccc2O1. The predicted molar refractivity (Wildman–Crippen MR) is 112 cm³/mol. The van der Waals surface area contributed by atoms with Crippen LogP contribution >= 0.6 is 15.9 Å². The highest BCUT2D eigenvalue weighted by Crippen LogP contribution is 2.30. The maximum Gasteiger partial charge on any atom is 0.251 e. The van der Waals surface area contributed by atoms with Crippen molar-refractivity contribution in [2.24, 2.45) is 4.99 Å². The minimum Gasteiger partial charge on any atom is -0.486 e. The molecule has 1 atom stereocenters. The smallest absolute Gasteiger partial charge is 0.251 e. The van der Waals surface area contributed by atoms with Crippen molar-refractivity contribution >= 4 is 27.8 Å². The molecule has 0 fully saturated rings. The number of benzene rings is 2. The molecule has 0 saturated heterocycles. The van der Waals surface area contributed by atoms with E-state index in [0.29, 0.717) is 37.8 Å². The molecule has 1 amide bonds. The lowest BCUT2D eigenvalue weighted by molar-refractivity contribution is 0.0936. The lowest BCUT2D eigenvalue weighted by Crippen LogP contribution is -2.46. The Morgan fingerprint density at radius 3 is 2.68 bits per heavy atom. The third-order valence-corrected chi connectivity index (χ3v) is 4.57. The summed E-state index contributed by atoms with van der Waals surface area (Å²) in [5.74, 6) is 2.04. The molecule has 1 aliphatic rings. The molecule has 0 bridgehead atoms. The second-order valence-electron chi connectivity index (χ2n) is 6.14. The molecule has 148 valence electrons. The number of carbonyl (C=O) groups is 1. The zero-order valence-electron chi connectivity index (χ0n) is 15.6. The van der Waals surface area contributed by atoms with Gasteiger partial charge in [0.25, 0.3) is 5.91 Å². The molecule has 28 heavy (non-hydrogen) atoms. The van der Waals surface area contributed by atoms with Gasteiger partial charge in [-0.05, 0) is 30.3 Å². The third kappa shape index (κ3) is 5.63. The first-order valence-electron chi connectivity index (χ1n) is 9.02. The van der Waals surface area contributed by atoms with Gasteiger partial charge in [-0.2, -0.15) is 0 Å². The number of fused-ring (bicyclic) bond motifs is 1. The topological polar surface area (TPSA) is 84.0 Å². The van der Waals surface area contributed by atoms with E-state index in [9.17, 15) is 4.79 Å². The van der Waals surface area contributed by atoms with Crippen LogP contribution in [0.1, 0.15) is 10.4 Å². The van der Waals surface area contributed by atoms with Crippen molar-refractivity contribution < 1.29 is 14.3 Å². The minimum absolute atomic E-state index is 0.107. The lowest BCUT2D eigenvalue weighted by atomic mass is 10.2. The lowest BCUT2D eigenvalue weighted by Gasteiger charge is -2.27. The molecule has 0 aromatic heterocycles. The van der Waals surface area contributed by atoms with E-state index in [4.69, 9.17) is 9.47 Å². The average molecular weight is 447 g/mol.